The number of aliphatic hydroxyl groups excluding tert-OH is 1. The van der Waals surface area contributed by atoms with Crippen LogP contribution in [0.5, 0.6) is 0 Å². The van der Waals surface area contributed by atoms with Crippen molar-refractivity contribution in [2.75, 3.05) is 23.0 Å². The molecule has 1 saturated heterocycles. The van der Waals surface area contributed by atoms with Crippen molar-refractivity contribution in [2.24, 2.45) is 5.92 Å². The molecule has 13 heteroatoms. The maximum Gasteiger partial charge on any atom is 0.269 e. The van der Waals surface area contributed by atoms with E-state index in [0.717, 1.165) is 16.8 Å². The summed E-state index contributed by atoms with van der Waals surface area (Å²) < 4.78 is 23.3. The van der Waals surface area contributed by atoms with Crippen LogP contribution < -0.4 is 9.80 Å². The molecule has 0 bridgehead atoms. The van der Waals surface area contributed by atoms with E-state index in [9.17, 15) is 29.6 Å². The van der Waals surface area contributed by atoms with Crippen molar-refractivity contribution >= 4 is 48.9 Å². The zero-order valence-corrected chi connectivity index (χ0v) is 31.5. The van der Waals surface area contributed by atoms with E-state index >= 15 is 4.11 Å². The standard InChI is InChI=1S/C41H43FN4O7Si/c1-27-39(54(2,3)42)36(24-38(49)43(20-21-47)25-28-10-5-4-6-11-28)53-41(27)33-23-32(46(51)52)17-18-35(33)44(40(41)50)26-29-12-9-14-31(22-29)45-34-15-8-7-13-30(34)16-19-37(45)48/h4-15,17-18,22-23,27,36,39,47H,16,19-21,24-26H2,1-3H3/t27-,36+,39-,41+/m1/s1. The number of carbonyl (C=O) groups is 3. The molecule has 4 atom stereocenters. The van der Waals surface area contributed by atoms with Crippen molar-refractivity contribution < 1.29 is 33.3 Å². The van der Waals surface area contributed by atoms with Gasteiger partial charge in [0.25, 0.3) is 11.6 Å². The molecule has 7 rings (SSSR count). The average molecular weight is 751 g/mol. The summed E-state index contributed by atoms with van der Waals surface area (Å²) in [6.45, 7) is 4.85. The van der Waals surface area contributed by atoms with Crippen LogP contribution in [0.4, 0.5) is 26.9 Å². The predicted octanol–water partition coefficient (Wildman–Crippen LogP) is 6.94. The lowest BCUT2D eigenvalue weighted by molar-refractivity contribution is -0.385. The van der Waals surface area contributed by atoms with Crippen LogP contribution in [0.3, 0.4) is 0 Å². The highest BCUT2D eigenvalue weighted by Gasteiger charge is 2.67. The van der Waals surface area contributed by atoms with Crippen LogP contribution in [-0.2, 0) is 44.2 Å². The number of carbonyl (C=O) groups excluding carboxylic acids is 3. The van der Waals surface area contributed by atoms with E-state index in [0.29, 0.717) is 29.8 Å². The molecule has 3 aliphatic rings. The molecule has 4 aromatic rings. The summed E-state index contributed by atoms with van der Waals surface area (Å²) in [4.78, 5) is 58.4. The molecule has 280 valence electrons. The maximum absolute atomic E-state index is 16.5. The van der Waals surface area contributed by atoms with E-state index in [2.05, 4.69) is 0 Å². The van der Waals surface area contributed by atoms with Gasteiger partial charge in [-0.05, 0) is 60.5 Å². The minimum atomic E-state index is -3.67. The minimum Gasteiger partial charge on any atom is -0.395 e. The number of para-hydroxylation sites is 1. The first-order valence-electron chi connectivity index (χ1n) is 18.2. The van der Waals surface area contributed by atoms with Crippen molar-refractivity contribution in [3.05, 3.63) is 129 Å². The highest BCUT2D eigenvalue weighted by atomic mass is 28.4. The Kier molecular flexibility index (Phi) is 9.98. The molecule has 1 N–H and O–H groups in total. The van der Waals surface area contributed by atoms with Gasteiger partial charge in [-0.25, -0.2) is 0 Å². The molecule has 3 amide bonds. The molecule has 0 aliphatic carbocycles. The SMILES string of the molecule is C[C@@H]1[C@@H]([Si](C)(C)F)[C@H](CC(=O)N(CCO)Cc2ccccc2)O[C@@]12C(=O)N(Cc1cccc(N3C(=O)CCc4ccccc43)c1)c1ccc([N+](=O)[O-])cc12. The van der Waals surface area contributed by atoms with Gasteiger partial charge in [0.2, 0.25) is 20.2 Å². The number of anilines is 3. The maximum atomic E-state index is 16.5. The third kappa shape index (κ3) is 6.60. The van der Waals surface area contributed by atoms with Gasteiger partial charge in [0.05, 0.1) is 42.0 Å². The Morgan fingerprint density at radius 1 is 0.981 bits per heavy atom. The van der Waals surface area contributed by atoms with Gasteiger partial charge in [0.15, 0.2) is 5.60 Å². The highest BCUT2D eigenvalue weighted by molar-refractivity contribution is 6.72. The van der Waals surface area contributed by atoms with Crippen molar-refractivity contribution in [2.45, 2.75) is 69.6 Å². The number of nitrogens with zero attached hydrogens (tertiary/aromatic N) is 4. The number of amides is 3. The summed E-state index contributed by atoms with van der Waals surface area (Å²) in [5.74, 6) is -1.68. The van der Waals surface area contributed by atoms with Crippen LogP contribution in [0, 0.1) is 16.0 Å². The van der Waals surface area contributed by atoms with Gasteiger partial charge in [-0.2, -0.15) is 0 Å². The number of ether oxygens (including phenoxy) is 1. The molecule has 0 aromatic heterocycles. The molecule has 54 heavy (non-hydrogen) atoms. The second-order valence-electron chi connectivity index (χ2n) is 14.9. The third-order valence-electron chi connectivity index (χ3n) is 11.1. The lowest BCUT2D eigenvalue weighted by Gasteiger charge is -2.31. The van der Waals surface area contributed by atoms with Gasteiger partial charge in [0.1, 0.15) is 0 Å². The second-order valence-corrected chi connectivity index (χ2v) is 18.7. The Labute approximate surface area is 314 Å². The summed E-state index contributed by atoms with van der Waals surface area (Å²) in [5.41, 5.74) is 1.87. The average Bonchev–Trinajstić information content (AvgIpc) is 3.57. The fourth-order valence-corrected chi connectivity index (χ4v) is 11.2. The van der Waals surface area contributed by atoms with Crippen molar-refractivity contribution in [3.63, 3.8) is 0 Å². The topological polar surface area (TPSA) is 134 Å². The number of benzene rings is 4. The summed E-state index contributed by atoms with van der Waals surface area (Å²) in [6, 6.07) is 28.6. The molecule has 11 nitrogen and oxygen atoms in total. The molecule has 1 fully saturated rings. The summed E-state index contributed by atoms with van der Waals surface area (Å²) in [5, 5.41) is 21.9. The molecule has 0 radical (unpaired) electrons. The van der Waals surface area contributed by atoms with E-state index < -0.39 is 42.4 Å². The Bertz CT molecular complexity index is 2110. The normalized spacial score (nSPS) is 22.1. The summed E-state index contributed by atoms with van der Waals surface area (Å²) >= 11 is 0. The first-order chi connectivity index (χ1) is 25.8. The van der Waals surface area contributed by atoms with Gasteiger partial charge in [-0.1, -0.05) is 67.6 Å². The number of nitro groups is 1. The van der Waals surface area contributed by atoms with Crippen LogP contribution >= 0.6 is 0 Å². The van der Waals surface area contributed by atoms with Crippen LogP contribution in [-0.4, -0.2) is 60.3 Å². The molecule has 0 saturated carbocycles. The molecular formula is C41H43FN4O7Si. The van der Waals surface area contributed by atoms with Crippen LogP contribution in [0.15, 0.2) is 97.1 Å². The number of halogens is 1. The van der Waals surface area contributed by atoms with E-state index in [1.54, 1.807) is 11.8 Å². The van der Waals surface area contributed by atoms with E-state index in [4.69, 9.17) is 4.74 Å². The lowest BCUT2D eigenvalue weighted by Crippen LogP contribution is -2.45. The molecule has 4 aromatic carbocycles. The van der Waals surface area contributed by atoms with E-state index in [-0.39, 0.29) is 55.7 Å². The largest absolute Gasteiger partial charge is 0.395 e. The number of fused-ring (bicyclic) bond motifs is 3. The molecule has 3 aliphatic heterocycles. The van der Waals surface area contributed by atoms with Crippen molar-refractivity contribution in [3.8, 4) is 0 Å². The number of nitro benzene ring substituents is 1. The number of hydrogen-bond acceptors (Lipinski definition) is 7. The quantitative estimate of drug-likeness (QED) is 0.0760. The Balaban J connectivity index is 1.24. The van der Waals surface area contributed by atoms with Gasteiger partial charge in [-0.15, -0.1) is 0 Å². The Morgan fingerprint density at radius 2 is 1.70 bits per heavy atom. The first-order valence-corrected chi connectivity index (χ1v) is 21.2. The fraction of sp³-hybridized carbons (Fsp3) is 0.341. The summed E-state index contributed by atoms with van der Waals surface area (Å²) in [7, 11) is -3.67. The third-order valence-corrected chi connectivity index (χ3v) is 13.5. The van der Waals surface area contributed by atoms with Crippen molar-refractivity contribution in [1.82, 2.24) is 4.90 Å². The lowest BCUT2D eigenvalue weighted by atomic mass is 9.82. The Morgan fingerprint density at radius 3 is 2.43 bits per heavy atom. The van der Waals surface area contributed by atoms with Crippen LogP contribution in [0.2, 0.25) is 18.6 Å². The van der Waals surface area contributed by atoms with E-state index in [1.807, 2.05) is 78.9 Å². The van der Waals surface area contributed by atoms with Gasteiger partial charge >= 0.3 is 0 Å². The molecule has 1 spiro atoms. The summed E-state index contributed by atoms with van der Waals surface area (Å²) in [6.07, 6.45) is -0.246. The Hall–Kier alpha value is -5.24. The number of aryl methyl sites for hydroxylation is 1. The van der Waals surface area contributed by atoms with Crippen LogP contribution in [0.25, 0.3) is 0 Å². The van der Waals surface area contributed by atoms with Gasteiger partial charge in [0, 0.05) is 54.4 Å². The van der Waals surface area contributed by atoms with Crippen LogP contribution in [0.1, 0.15) is 42.0 Å². The number of rotatable bonds is 11. The molecule has 0 unspecified atom stereocenters. The zero-order valence-electron chi connectivity index (χ0n) is 30.5. The van der Waals surface area contributed by atoms with Crippen molar-refractivity contribution in [1.29, 1.82) is 0 Å². The van der Waals surface area contributed by atoms with Gasteiger partial charge < -0.3 is 23.8 Å². The predicted molar refractivity (Wildman–Crippen MR) is 204 cm³/mol. The monoisotopic (exact) mass is 750 g/mol. The highest BCUT2D eigenvalue weighted by Crippen LogP contribution is 2.60. The second kappa shape index (κ2) is 14.5. The first kappa shape index (κ1) is 37.1. The number of non-ortho nitro benzene ring substituents is 1. The van der Waals surface area contributed by atoms with E-state index in [1.165, 1.54) is 41.1 Å². The fourth-order valence-electron chi connectivity index (χ4n) is 8.71. The minimum absolute atomic E-state index is 0.0427. The van der Waals surface area contributed by atoms with Gasteiger partial charge in [-0.3, -0.25) is 29.4 Å². The molecule has 3 heterocycles. The smallest absolute Gasteiger partial charge is 0.269 e. The number of hydrogen-bond donors (Lipinski definition) is 1. The number of aliphatic hydroxyl groups is 1. The molecular weight excluding hydrogens is 708 g/mol. The zero-order chi connectivity index (χ0) is 38.4.